The summed E-state index contributed by atoms with van der Waals surface area (Å²) in [5.41, 5.74) is 7.56. The number of primary amides is 1. The molecule has 1 saturated heterocycles. The average Bonchev–Trinajstić information content (AvgIpc) is 2.73. The summed E-state index contributed by atoms with van der Waals surface area (Å²) in [7, 11) is 0. The van der Waals surface area contributed by atoms with Gasteiger partial charge < -0.3 is 20.7 Å². The molecule has 2 aromatic rings. The topological polar surface area (TPSA) is 87.9 Å². The number of anilines is 1. The smallest absolute Gasteiger partial charge is 0.387 e. The van der Waals surface area contributed by atoms with Gasteiger partial charge in [-0.05, 0) is 42.0 Å². The Hall–Kier alpha value is -3.20. The third-order valence-corrected chi connectivity index (χ3v) is 4.89. The molecule has 0 bridgehead atoms. The van der Waals surface area contributed by atoms with Crippen LogP contribution >= 0.6 is 0 Å². The third kappa shape index (κ3) is 6.15. The highest BCUT2D eigenvalue weighted by Gasteiger charge is 2.19. The Labute approximate surface area is 173 Å². The number of carbonyl (C=O) groups is 2. The summed E-state index contributed by atoms with van der Waals surface area (Å²) in [5.74, 6) is -0.459. The molecule has 2 aromatic carbocycles. The number of rotatable bonds is 8. The van der Waals surface area contributed by atoms with E-state index < -0.39 is 12.5 Å². The molecule has 1 heterocycles. The van der Waals surface area contributed by atoms with Gasteiger partial charge in [0, 0.05) is 44.0 Å². The SMILES string of the molecule is NC(=O)c1ccc(N2CCN(CC(=O)NCc3ccc(OC(F)F)cc3)CC2)cc1. The minimum Gasteiger partial charge on any atom is -0.435 e. The van der Waals surface area contributed by atoms with Crippen molar-refractivity contribution in [3.63, 3.8) is 0 Å². The van der Waals surface area contributed by atoms with Crippen molar-refractivity contribution in [1.29, 1.82) is 0 Å². The van der Waals surface area contributed by atoms with Crippen LogP contribution < -0.4 is 20.7 Å². The highest BCUT2D eigenvalue weighted by Crippen LogP contribution is 2.17. The van der Waals surface area contributed by atoms with E-state index in [4.69, 9.17) is 5.73 Å². The van der Waals surface area contributed by atoms with Crippen molar-refractivity contribution in [1.82, 2.24) is 10.2 Å². The van der Waals surface area contributed by atoms with E-state index in [1.807, 2.05) is 12.1 Å². The quantitative estimate of drug-likeness (QED) is 0.683. The molecule has 0 atom stereocenters. The Morgan fingerprint density at radius 1 is 1.00 bits per heavy atom. The highest BCUT2D eigenvalue weighted by molar-refractivity contribution is 5.93. The maximum absolute atomic E-state index is 12.2. The number of carbonyl (C=O) groups excluding carboxylic acids is 2. The number of hydrogen-bond acceptors (Lipinski definition) is 5. The predicted molar refractivity (Wildman–Crippen MR) is 109 cm³/mol. The molecule has 160 valence electrons. The second-order valence-corrected chi connectivity index (χ2v) is 6.97. The van der Waals surface area contributed by atoms with E-state index in [1.54, 1.807) is 24.3 Å². The van der Waals surface area contributed by atoms with Crippen molar-refractivity contribution in [2.24, 2.45) is 5.73 Å². The van der Waals surface area contributed by atoms with E-state index in [0.29, 0.717) is 18.7 Å². The van der Waals surface area contributed by atoms with E-state index in [9.17, 15) is 18.4 Å². The van der Waals surface area contributed by atoms with Crippen LogP contribution in [-0.4, -0.2) is 56.0 Å². The predicted octanol–water partition coefficient (Wildman–Crippen LogP) is 1.83. The number of hydrogen-bond donors (Lipinski definition) is 2. The Balaban J connectivity index is 1.40. The number of piperazine rings is 1. The fourth-order valence-corrected chi connectivity index (χ4v) is 3.25. The van der Waals surface area contributed by atoms with Gasteiger partial charge in [-0.1, -0.05) is 12.1 Å². The summed E-state index contributed by atoms with van der Waals surface area (Å²) in [6.45, 7) is 0.783. The molecule has 3 N–H and O–H groups in total. The summed E-state index contributed by atoms with van der Waals surface area (Å²) in [5, 5.41) is 2.84. The maximum atomic E-state index is 12.2. The molecule has 1 fully saturated rings. The van der Waals surface area contributed by atoms with Crippen molar-refractivity contribution in [2.45, 2.75) is 13.2 Å². The molecule has 30 heavy (non-hydrogen) atoms. The molecule has 0 saturated carbocycles. The number of nitrogens with zero attached hydrogens (tertiary/aromatic N) is 2. The van der Waals surface area contributed by atoms with Crippen LogP contribution in [0.25, 0.3) is 0 Å². The Bertz CT molecular complexity index is 852. The zero-order valence-electron chi connectivity index (χ0n) is 16.4. The van der Waals surface area contributed by atoms with Crippen LogP contribution in [0.15, 0.2) is 48.5 Å². The van der Waals surface area contributed by atoms with E-state index in [2.05, 4.69) is 19.9 Å². The monoisotopic (exact) mass is 418 g/mol. The fourth-order valence-electron chi connectivity index (χ4n) is 3.25. The Kier molecular flexibility index (Phi) is 7.18. The molecule has 2 amide bonds. The Morgan fingerprint density at radius 2 is 1.63 bits per heavy atom. The van der Waals surface area contributed by atoms with Crippen LogP contribution in [0.5, 0.6) is 5.75 Å². The van der Waals surface area contributed by atoms with Crippen molar-refractivity contribution in [2.75, 3.05) is 37.6 Å². The molecule has 0 radical (unpaired) electrons. The van der Waals surface area contributed by atoms with E-state index >= 15 is 0 Å². The van der Waals surface area contributed by atoms with Crippen molar-refractivity contribution in [3.8, 4) is 5.75 Å². The summed E-state index contributed by atoms with van der Waals surface area (Å²) in [6.07, 6.45) is 0. The lowest BCUT2D eigenvalue weighted by molar-refractivity contribution is -0.122. The van der Waals surface area contributed by atoms with E-state index in [-0.39, 0.29) is 11.7 Å². The number of benzene rings is 2. The van der Waals surface area contributed by atoms with Crippen molar-refractivity contribution < 1.29 is 23.1 Å². The first kappa shape index (κ1) is 21.5. The fraction of sp³-hybridized carbons (Fsp3) is 0.333. The summed E-state index contributed by atoms with van der Waals surface area (Å²) < 4.78 is 28.6. The Morgan fingerprint density at radius 3 is 2.20 bits per heavy atom. The summed E-state index contributed by atoms with van der Waals surface area (Å²) in [4.78, 5) is 27.6. The first-order chi connectivity index (χ1) is 14.4. The number of halogens is 2. The van der Waals surface area contributed by atoms with Gasteiger partial charge in [-0.15, -0.1) is 0 Å². The van der Waals surface area contributed by atoms with Crippen LogP contribution in [0.1, 0.15) is 15.9 Å². The second kappa shape index (κ2) is 10.0. The molecule has 0 spiro atoms. The van der Waals surface area contributed by atoms with Gasteiger partial charge in [0.25, 0.3) is 0 Å². The maximum Gasteiger partial charge on any atom is 0.387 e. The summed E-state index contributed by atoms with van der Waals surface area (Å²) >= 11 is 0. The van der Waals surface area contributed by atoms with Crippen LogP contribution in [0.3, 0.4) is 0 Å². The minimum atomic E-state index is -2.86. The average molecular weight is 418 g/mol. The molecule has 9 heteroatoms. The highest BCUT2D eigenvalue weighted by atomic mass is 19.3. The van der Waals surface area contributed by atoms with Crippen molar-refractivity contribution >= 4 is 17.5 Å². The first-order valence-electron chi connectivity index (χ1n) is 9.58. The molecule has 0 unspecified atom stereocenters. The number of ether oxygens (including phenoxy) is 1. The molecule has 7 nitrogen and oxygen atoms in total. The van der Waals surface area contributed by atoms with Gasteiger partial charge in [-0.3, -0.25) is 14.5 Å². The lowest BCUT2D eigenvalue weighted by atomic mass is 10.1. The molecule has 0 aromatic heterocycles. The van der Waals surface area contributed by atoms with E-state index in [1.165, 1.54) is 12.1 Å². The lowest BCUT2D eigenvalue weighted by Gasteiger charge is -2.35. The number of nitrogens with two attached hydrogens (primary N) is 1. The first-order valence-corrected chi connectivity index (χ1v) is 9.58. The van der Waals surface area contributed by atoms with Gasteiger partial charge in [0.1, 0.15) is 5.75 Å². The molecule has 0 aliphatic carbocycles. The summed E-state index contributed by atoms with van der Waals surface area (Å²) in [6, 6.07) is 13.3. The van der Waals surface area contributed by atoms with Crippen LogP contribution in [0.4, 0.5) is 14.5 Å². The number of amides is 2. The van der Waals surface area contributed by atoms with Gasteiger partial charge in [0.05, 0.1) is 6.54 Å². The van der Waals surface area contributed by atoms with Gasteiger partial charge in [0.15, 0.2) is 0 Å². The van der Waals surface area contributed by atoms with Crippen molar-refractivity contribution in [3.05, 3.63) is 59.7 Å². The zero-order chi connectivity index (χ0) is 21.5. The van der Waals surface area contributed by atoms with Crippen LogP contribution in [0.2, 0.25) is 0 Å². The molecular formula is C21H24F2N4O3. The van der Waals surface area contributed by atoms with E-state index in [0.717, 1.165) is 37.4 Å². The minimum absolute atomic E-state index is 0.0854. The molecule has 1 aliphatic rings. The largest absolute Gasteiger partial charge is 0.435 e. The van der Waals surface area contributed by atoms with Gasteiger partial charge >= 0.3 is 6.61 Å². The van der Waals surface area contributed by atoms with Gasteiger partial charge in [-0.2, -0.15) is 8.78 Å². The zero-order valence-corrected chi connectivity index (χ0v) is 16.4. The molecule has 1 aliphatic heterocycles. The number of alkyl halides is 2. The van der Waals surface area contributed by atoms with Crippen LogP contribution in [0, 0.1) is 0 Å². The number of nitrogens with one attached hydrogen (secondary N) is 1. The van der Waals surface area contributed by atoms with Gasteiger partial charge in [0.2, 0.25) is 11.8 Å². The van der Waals surface area contributed by atoms with Gasteiger partial charge in [-0.25, -0.2) is 0 Å². The van der Waals surface area contributed by atoms with Crippen LogP contribution in [-0.2, 0) is 11.3 Å². The molecular weight excluding hydrogens is 394 g/mol. The normalized spacial score (nSPS) is 14.6. The third-order valence-electron chi connectivity index (χ3n) is 4.89. The second-order valence-electron chi connectivity index (χ2n) is 6.97. The standard InChI is InChI=1S/C21H24F2N4O3/c22-21(23)30-18-7-1-15(2-8-18)13-25-19(28)14-26-9-11-27(12-10-26)17-5-3-16(4-6-17)20(24)29/h1-8,21H,9-14H2,(H2,24,29)(H,25,28). The molecule has 3 rings (SSSR count). The lowest BCUT2D eigenvalue weighted by Crippen LogP contribution is -2.49.